The lowest BCUT2D eigenvalue weighted by atomic mass is 10.0. The van der Waals surface area contributed by atoms with Gasteiger partial charge in [-0.1, -0.05) is 6.07 Å². The van der Waals surface area contributed by atoms with Gasteiger partial charge in [0.05, 0.1) is 17.3 Å². The van der Waals surface area contributed by atoms with Crippen molar-refractivity contribution in [2.24, 2.45) is 0 Å². The topological polar surface area (TPSA) is 63.2 Å². The zero-order valence-electron chi connectivity index (χ0n) is 9.56. The number of Topliss-reactive ketones (excluding diaryl/α,β-unsaturated/α-hetero) is 1. The zero-order valence-corrected chi connectivity index (χ0v) is 10.4. The third-order valence-corrected chi connectivity index (χ3v) is 4.19. The quantitative estimate of drug-likeness (QED) is 0.851. The summed E-state index contributed by atoms with van der Waals surface area (Å²) < 4.78 is 0. The first-order chi connectivity index (χ1) is 8.68. The second kappa shape index (κ2) is 4.17. The molecule has 1 saturated carbocycles. The summed E-state index contributed by atoms with van der Waals surface area (Å²) >= 11 is 1.42. The van der Waals surface area contributed by atoms with Crippen molar-refractivity contribution >= 4 is 22.8 Å². The Hall–Kier alpha value is -1.75. The molecule has 1 fully saturated rings. The van der Waals surface area contributed by atoms with Gasteiger partial charge in [0.15, 0.2) is 5.78 Å². The van der Waals surface area contributed by atoms with E-state index in [1.807, 2.05) is 17.5 Å². The lowest BCUT2D eigenvalue weighted by molar-refractivity contribution is -0.118. The molecule has 0 bridgehead atoms. The van der Waals surface area contributed by atoms with E-state index in [0.717, 1.165) is 17.7 Å². The summed E-state index contributed by atoms with van der Waals surface area (Å²) in [6, 6.07) is 3.34. The molecule has 3 rings (SSSR count). The van der Waals surface area contributed by atoms with Crippen molar-refractivity contribution in [2.45, 2.75) is 25.3 Å². The molecule has 0 radical (unpaired) electrons. The van der Waals surface area contributed by atoms with Gasteiger partial charge in [-0.3, -0.25) is 14.4 Å². The average molecular weight is 261 g/mol. The van der Waals surface area contributed by atoms with Crippen molar-refractivity contribution in [2.75, 3.05) is 5.32 Å². The largest absolute Gasteiger partial charge is 0.371 e. The standard InChI is InChI=1S/C13H11NO3S/c15-8-4-1-3-7(8)14-11-10(12(16)13(11)17)9-5-2-6-18-9/h2,5-7,14H,1,3-4H2. The van der Waals surface area contributed by atoms with Crippen LogP contribution in [0, 0.1) is 0 Å². The van der Waals surface area contributed by atoms with Crippen molar-refractivity contribution in [3.63, 3.8) is 0 Å². The number of rotatable bonds is 3. The minimum atomic E-state index is -0.502. The van der Waals surface area contributed by atoms with Crippen molar-refractivity contribution in [3.8, 4) is 10.4 Å². The molecule has 1 unspecified atom stereocenters. The highest BCUT2D eigenvalue weighted by Gasteiger charge is 2.29. The van der Waals surface area contributed by atoms with Crippen LogP contribution in [0.5, 0.6) is 0 Å². The molecule has 0 amide bonds. The fourth-order valence-corrected chi connectivity index (χ4v) is 3.10. The maximum Gasteiger partial charge on any atom is 0.250 e. The van der Waals surface area contributed by atoms with Gasteiger partial charge in [0.2, 0.25) is 10.9 Å². The van der Waals surface area contributed by atoms with Crippen molar-refractivity contribution < 1.29 is 4.79 Å². The molecular weight excluding hydrogens is 250 g/mol. The molecule has 5 heteroatoms. The van der Waals surface area contributed by atoms with Crippen LogP contribution in [0.2, 0.25) is 0 Å². The second-order valence-electron chi connectivity index (χ2n) is 4.44. The molecule has 92 valence electrons. The van der Waals surface area contributed by atoms with Gasteiger partial charge < -0.3 is 5.32 Å². The summed E-state index contributed by atoms with van der Waals surface area (Å²) in [4.78, 5) is 35.5. The molecule has 1 aromatic carbocycles. The van der Waals surface area contributed by atoms with E-state index >= 15 is 0 Å². The Kier molecular flexibility index (Phi) is 2.63. The monoisotopic (exact) mass is 261 g/mol. The highest BCUT2D eigenvalue weighted by molar-refractivity contribution is 7.13. The number of carbonyl (C=O) groups is 1. The predicted octanol–water partition coefficient (Wildman–Crippen LogP) is 1.54. The van der Waals surface area contributed by atoms with Crippen LogP contribution in [0.25, 0.3) is 10.4 Å². The van der Waals surface area contributed by atoms with Crippen LogP contribution in [0.4, 0.5) is 5.69 Å². The van der Waals surface area contributed by atoms with Gasteiger partial charge in [0.1, 0.15) is 0 Å². The Morgan fingerprint density at radius 1 is 1.22 bits per heavy atom. The highest BCUT2D eigenvalue weighted by Crippen LogP contribution is 2.29. The minimum absolute atomic E-state index is 0.125. The third kappa shape index (κ3) is 1.62. The first-order valence-electron chi connectivity index (χ1n) is 5.85. The number of thiophene rings is 1. The molecule has 4 nitrogen and oxygen atoms in total. The van der Waals surface area contributed by atoms with Gasteiger partial charge in [-0.15, -0.1) is 11.3 Å². The number of carbonyl (C=O) groups excluding carboxylic acids is 1. The Morgan fingerprint density at radius 2 is 2.06 bits per heavy atom. The molecule has 0 aliphatic heterocycles. The summed E-state index contributed by atoms with van der Waals surface area (Å²) in [5, 5.41) is 4.81. The van der Waals surface area contributed by atoms with E-state index in [4.69, 9.17) is 0 Å². The Balaban J connectivity index is 1.94. The molecule has 1 heterocycles. The number of nitrogens with one attached hydrogen (secondary N) is 1. The van der Waals surface area contributed by atoms with E-state index in [1.54, 1.807) is 0 Å². The smallest absolute Gasteiger partial charge is 0.250 e. The molecule has 1 atom stereocenters. The molecule has 1 N–H and O–H groups in total. The molecular formula is C13H11NO3S. The normalized spacial score (nSPS) is 19.6. The maximum absolute atomic E-state index is 11.6. The van der Waals surface area contributed by atoms with Crippen LogP contribution < -0.4 is 16.2 Å². The third-order valence-electron chi connectivity index (χ3n) is 3.30. The van der Waals surface area contributed by atoms with Crippen molar-refractivity contribution in [1.82, 2.24) is 0 Å². The molecule has 1 aliphatic carbocycles. The SMILES string of the molecule is O=C1CCCC1Nc1c(-c2cccs2)c(=O)c1=O. The summed E-state index contributed by atoms with van der Waals surface area (Å²) in [7, 11) is 0. The van der Waals surface area contributed by atoms with Gasteiger partial charge in [-0.2, -0.15) is 0 Å². The Labute approximate surface area is 107 Å². The van der Waals surface area contributed by atoms with Gasteiger partial charge >= 0.3 is 0 Å². The lowest BCUT2D eigenvalue weighted by Gasteiger charge is -2.16. The van der Waals surface area contributed by atoms with E-state index in [0.29, 0.717) is 17.7 Å². The number of ketones is 1. The van der Waals surface area contributed by atoms with Gasteiger partial charge in [0, 0.05) is 11.3 Å². The molecule has 1 aliphatic rings. The first kappa shape index (κ1) is 11.3. The zero-order chi connectivity index (χ0) is 12.7. The number of anilines is 1. The molecule has 18 heavy (non-hydrogen) atoms. The number of hydrogen-bond acceptors (Lipinski definition) is 5. The molecule has 1 aromatic heterocycles. The van der Waals surface area contributed by atoms with Crippen LogP contribution >= 0.6 is 11.3 Å². The summed E-state index contributed by atoms with van der Waals surface area (Å²) in [6.45, 7) is 0. The lowest BCUT2D eigenvalue weighted by Crippen LogP contribution is -2.39. The number of hydrogen-bond donors (Lipinski definition) is 1. The maximum atomic E-state index is 11.6. The summed E-state index contributed by atoms with van der Waals surface area (Å²) in [5.41, 5.74) is -0.194. The van der Waals surface area contributed by atoms with Crippen molar-refractivity contribution in [3.05, 3.63) is 38.0 Å². The second-order valence-corrected chi connectivity index (χ2v) is 5.39. The average Bonchev–Trinajstić information content (AvgIpc) is 3.00. The first-order valence-corrected chi connectivity index (χ1v) is 6.73. The van der Waals surface area contributed by atoms with Crippen molar-refractivity contribution in [1.29, 1.82) is 0 Å². The van der Waals surface area contributed by atoms with Gasteiger partial charge in [-0.05, 0) is 24.3 Å². The van der Waals surface area contributed by atoms with Crippen LogP contribution in [0.1, 0.15) is 19.3 Å². The highest BCUT2D eigenvalue weighted by atomic mass is 32.1. The predicted molar refractivity (Wildman–Crippen MR) is 70.9 cm³/mol. The Bertz CT molecular complexity index is 665. The summed E-state index contributed by atoms with van der Waals surface area (Å²) in [6.07, 6.45) is 2.14. The van der Waals surface area contributed by atoms with E-state index in [-0.39, 0.29) is 11.8 Å². The minimum Gasteiger partial charge on any atom is -0.371 e. The molecule has 2 aromatic rings. The van der Waals surface area contributed by atoms with Crippen LogP contribution in [-0.2, 0) is 4.79 Å². The molecule has 0 spiro atoms. The van der Waals surface area contributed by atoms with Crippen LogP contribution in [0.15, 0.2) is 27.1 Å². The summed E-state index contributed by atoms with van der Waals surface area (Å²) in [5.74, 6) is 0.125. The van der Waals surface area contributed by atoms with Gasteiger partial charge in [-0.25, -0.2) is 0 Å². The fraction of sp³-hybridized carbons (Fsp3) is 0.308. The van der Waals surface area contributed by atoms with Crippen LogP contribution in [0.3, 0.4) is 0 Å². The van der Waals surface area contributed by atoms with E-state index in [9.17, 15) is 14.4 Å². The Morgan fingerprint density at radius 3 is 2.67 bits per heavy atom. The van der Waals surface area contributed by atoms with E-state index in [2.05, 4.69) is 5.32 Å². The van der Waals surface area contributed by atoms with E-state index < -0.39 is 10.9 Å². The van der Waals surface area contributed by atoms with Gasteiger partial charge in [0.25, 0.3) is 0 Å². The van der Waals surface area contributed by atoms with E-state index in [1.165, 1.54) is 11.3 Å². The fourth-order valence-electron chi connectivity index (χ4n) is 2.33. The van der Waals surface area contributed by atoms with Crippen LogP contribution in [-0.4, -0.2) is 11.8 Å². The molecule has 0 saturated heterocycles.